The van der Waals surface area contributed by atoms with E-state index in [1.165, 1.54) is 14.1 Å². The number of nitrogens with one attached hydrogen (secondary N) is 1. The number of anilines is 1. The highest BCUT2D eigenvalue weighted by Crippen LogP contribution is 2.33. The molecule has 214 valence electrons. The summed E-state index contributed by atoms with van der Waals surface area (Å²) in [7, 11) is 1.08. The van der Waals surface area contributed by atoms with Gasteiger partial charge in [0.05, 0.1) is 11.9 Å². The van der Waals surface area contributed by atoms with Crippen molar-refractivity contribution < 1.29 is 13.2 Å². The van der Waals surface area contributed by atoms with Crippen LogP contribution in [-0.4, -0.2) is 70.0 Å². The summed E-state index contributed by atoms with van der Waals surface area (Å²) >= 11 is 0. The highest BCUT2D eigenvalue weighted by molar-refractivity contribution is 7.90. The summed E-state index contributed by atoms with van der Waals surface area (Å²) in [5.74, 6) is 1.15. The van der Waals surface area contributed by atoms with Gasteiger partial charge in [-0.15, -0.1) is 0 Å². The quantitative estimate of drug-likeness (QED) is 0.345. The molecule has 1 saturated heterocycles. The van der Waals surface area contributed by atoms with E-state index >= 15 is 0 Å². The summed E-state index contributed by atoms with van der Waals surface area (Å²) in [6.07, 6.45) is 4.37. The number of amides is 1. The molecular weight excluding hydrogens is 542 g/mol. The fourth-order valence-corrected chi connectivity index (χ4v) is 5.96. The van der Waals surface area contributed by atoms with E-state index in [4.69, 9.17) is 4.98 Å². The molecule has 0 radical (unpaired) electrons. The van der Waals surface area contributed by atoms with E-state index < -0.39 is 10.2 Å². The number of benzene rings is 2. The first-order valence-corrected chi connectivity index (χ1v) is 15.2. The van der Waals surface area contributed by atoms with E-state index in [9.17, 15) is 18.0 Å². The van der Waals surface area contributed by atoms with Gasteiger partial charge in [0, 0.05) is 52.3 Å². The molecule has 1 aliphatic carbocycles. The van der Waals surface area contributed by atoms with Gasteiger partial charge in [-0.1, -0.05) is 36.4 Å². The Hall–Kier alpha value is -4.03. The molecule has 1 N–H and O–H groups in total. The van der Waals surface area contributed by atoms with Crippen LogP contribution in [0.2, 0.25) is 0 Å². The van der Waals surface area contributed by atoms with Gasteiger partial charge in [0.25, 0.3) is 5.56 Å². The Morgan fingerprint density at radius 3 is 2.49 bits per heavy atom. The van der Waals surface area contributed by atoms with Crippen LogP contribution in [0.25, 0.3) is 33.5 Å². The molecule has 1 aliphatic heterocycles. The number of fused-ring (bicyclic) bond motifs is 1. The summed E-state index contributed by atoms with van der Waals surface area (Å²) in [6.45, 7) is 1.85. The maximum absolute atomic E-state index is 13.7. The Morgan fingerprint density at radius 1 is 1.05 bits per heavy atom. The minimum atomic E-state index is -3.62. The number of carbonyl (C=O) groups excluding carboxylic acids is 1. The molecular formula is C29H33N7O4S. The second-order valence-corrected chi connectivity index (χ2v) is 13.0. The first kappa shape index (κ1) is 27.2. The van der Waals surface area contributed by atoms with Gasteiger partial charge in [0.15, 0.2) is 5.65 Å². The molecule has 2 aromatic heterocycles. The van der Waals surface area contributed by atoms with Crippen molar-refractivity contribution in [3.63, 3.8) is 0 Å². The number of carbonyl (C=O) groups is 1. The second kappa shape index (κ2) is 10.4. The normalized spacial score (nSPS) is 17.5. The molecule has 1 saturated carbocycles. The van der Waals surface area contributed by atoms with E-state index in [0.29, 0.717) is 35.6 Å². The van der Waals surface area contributed by atoms with Gasteiger partial charge < -0.3 is 4.90 Å². The molecule has 0 bridgehead atoms. The molecule has 41 heavy (non-hydrogen) atoms. The van der Waals surface area contributed by atoms with Crippen molar-refractivity contribution in [2.45, 2.75) is 25.8 Å². The molecule has 1 unspecified atom stereocenters. The van der Waals surface area contributed by atoms with Crippen molar-refractivity contribution in [1.82, 2.24) is 28.5 Å². The third-order valence-corrected chi connectivity index (χ3v) is 9.34. The van der Waals surface area contributed by atoms with Crippen molar-refractivity contribution in [2.75, 3.05) is 31.9 Å². The number of hydrogen-bond acceptors (Lipinski definition) is 6. The average Bonchev–Trinajstić information content (AvgIpc) is 3.59. The van der Waals surface area contributed by atoms with Crippen molar-refractivity contribution >= 4 is 32.8 Å². The van der Waals surface area contributed by atoms with E-state index in [-0.39, 0.29) is 23.3 Å². The summed E-state index contributed by atoms with van der Waals surface area (Å²) < 4.78 is 31.6. The second-order valence-electron chi connectivity index (χ2n) is 11.1. The van der Waals surface area contributed by atoms with Crippen molar-refractivity contribution in [3.05, 3.63) is 65.1 Å². The van der Waals surface area contributed by atoms with Gasteiger partial charge in [-0.05, 0) is 48.4 Å². The predicted octanol–water partition coefficient (Wildman–Crippen LogP) is 2.94. The Bertz CT molecular complexity index is 1790. The van der Waals surface area contributed by atoms with Gasteiger partial charge in [0.1, 0.15) is 11.2 Å². The SMILES string of the molecule is CN(C)S(=O)(=O)Nc1cccc(-c2ccc(-c3nc4c(cnn4C)c(=O)n3CC3CCN(C(=O)C4CC4)C3)cc2)c1. The van der Waals surface area contributed by atoms with Crippen molar-refractivity contribution in [3.8, 4) is 22.5 Å². The van der Waals surface area contributed by atoms with Crippen LogP contribution in [0.1, 0.15) is 19.3 Å². The smallest absolute Gasteiger partial charge is 0.301 e. The largest absolute Gasteiger partial charge is 0.342 e. The van der Waals surface area contributed by atoms with E-state index in [0.717, 1.165) is 46.8 Å². The maximum Gasteiger partial charge on any atom is 0.301 e. The Morgan fingerprint density at radius 2 is 1.78 bits per heavy atom. The third kappa shape index (κ3) is 5.36. The zero-order valence-corrected chi connectivity index (χ0v) is 24.1. The third-order valence-electron chi connectivity index (χ3n) is 7.88. The number of aryl methyl sites for hydroxylation is 1. The van der Waals surface area contributed by atoms with Crippen molar-refractivity contribution in [2.24, 2.45) is 18.9 Å². The van der Waals surface area contributed by atoms with E-state index in [2.05, 4.69) is 9.82 Å². The number of rotatable bonds is 8. The number of hydrogen-bond donors (Lipinski definition) is 1. The Kier molecular flexibility index (Phi) is 6.90. The molecule has 6 rings (SSSR count). The molecule has 4 aromatic rings. The maximum atomic E-state index is 13.7. The molecule has 12 heteroatoms. The lowest BCUT2D eigenvalue weighted by Crippen LogP contribution is -2.32. The Labute approximate surface area is 238 Å². The van der Waals surface area contributed by atoms with Gasteiger partial charge in [0.2, 0.25) is 5.91 Å². The van der Waals surface area contributed by atoms with Crippen LogP contribution in [0.5, 0.6) is 0 Å². The summed E-state index contributed by atoms with van der Waals surface area (Å²) in [5.41, 5.74) is 3.35. The molecule has 2 aromatic carbocycles. The molecule has 11 nitrogen and oxygen atoms in total. The highest BCUT2D eigenvalue weighted by atomic mass is 32.2. The van der Waals surface area contributed by atoms with Crippen LogP contribution < -0.4 is 10.3 Å². The van der Waals surface area contributed by atoms with Crippen LogP contribution in [0, 0.1) is 11.8 Å². The van der Waals surface area contributed by atoms with Gasteiger partial charge in [-0.2, -0.15) is 17.8 Å². The molecule has 2 aliphatic rings. The minimum Gasteiger partial charge on any atom is -0.342 e. The fourth-order valence-electron chi connectivity index (χ4n) is 5.35. The first-order valence-electron chi connectivity index (χ1n) is 13.7. The summed E-state index contributed by atoms with van der Waals surface area (Å²) in [4.78, 5) is 33.1. The van der Waals surface area contributed by atoms with Crippen LogP contribution in [0.15, 0.2) is 59.5 Å². The van der Waals surface area contributed by atoms with Gasteiger partial charge in [-0.25, -0.2) is 4.98 Å². The number of nitrogens with zero attached hydrogens (tertiary/aromatic N) is 6. The van der Waals surface area contributed by atoms with Crippen LogP contribution in [0.4, 0.5) is 5.69 Å². The Balaban J connectivity index is 1.31. The lowest BCUT2D eigenvalue weighted by molar-refractivity contribution is -0.131. The van der Waals surface area contributed by atoms with Crippen LogP contribution in [-0.2, 0) is 28.6 Å². The van der Waals surface area contributed by atoms with Crippen LogP contribution in [0.3, 0.4) is 0 Å². The monoisotopic (exact) mass is 575 g/mol. The average molecular weight is 576 g/mol. The van der Waals surface area contributed by atoms with E-state index in [1.807, 2.05) is 35.2 Å². The van der Waals surface area contributed by atoms with Crippen molar-refractivity contribution in [1.29, 1.82) is 0 Å². The minimum absolute atomic E-state index is 0.143. The standard InChI is InChI=1S/C29H33N7O4S/c1-33(2)41(39,40)32-24-6-4-5-23(15-24)20-7-9-21(10-8-20)26-31-27-25(16-30-34(27)3)29(38)36(26)18-19-13-14-35(17-19)28(37)22-11-12-22/h4-10,15-16,19,22,32H,11-14,17-18H2,1-3H3. The molecule has 3 heterocycles. The molecule has 0 spiro atoms. The number of aromatic nitrogens is 4. The van der Waals surface area contributed by atoms with Gasteiger partial charge in [-0.3, -0.25) is 23.6 Å². The molecule has 1 amide bonds. The topological polar surface area (TPSA) is 122 Å². The number of likely N-dealkylation sites (tertiary alicyclic amines) is 1. The highest BCUT2D eigenvalue weighted by Gasteiger charge is 2.37. The fraction of sp³-hybridized carbons (Fsp3) is 0.379. The first-order chi connectivity index (χ1) is 19.6. The summed E-state index contributed by atoms with van der Waals surface area (Å²) in [5, 5.41) is 4.73. The summed E-state index contributed by atoms with van der Waals surface area (Å²) in [6, 6.07) is 14.9. The van der Waals surface area contributed by atoms with Gasteiger partial charge >= 0.3 is 10.2 Å². The predicted molar refractivity (Wildman–Crippen MR) is 157 cm³/mol. The zero-order chi connectivity index (χ0) is 28.9. The zero-order valence-electron chi connectivity index (χ0n) is 23.3. The molecule has 2 fully saturated rings. The van der Waals surface area contributed by atoms with Crippen LogP contribution >= 0.6 is 0 Å². The lowest BCUT2D eigenvalue weighted by atomic mass is 10.0. The molecule has 1 atom stereocenters. The van der Waals surface area contributed by atoms with E-state index in [1.54, 1.807) is 40.7 Å². The lowest BCUT2D eigenvalue weighted by Gasteiger charge is -2.19.